The zero-order valence-corrected chi connectivity index (χ0v) is 11.1. The molecule has 0 unspecified atom stereocenters. The SMILES string of the molecule is COc1ccc(C(=O)C2(O)CCCCCC2)cc1F. The lowest BCUT2D eigenvalue weighted by molar-refractivity contribution is 0.0237. The van der Waals surface area contributed by atoms with Gasteiger partial charge < -0.3 is 9.84 Å². The fraction of sp³-hybridized carbons (Fsp3) is 0.533. The van der Waals surface area contributed by atoms with E-state index in [1.54, 1.807) is 0 Å². The van der Waals surface area contributed by atoms with Crippen LogP contribution in [0, 0.1) is 5.82 Å². The molecule has 0 aliphatic heterocycles. The van der Waals surface area contributed by atoms with E-state index < -0.39 is 11.4 Å². The van der Waals surface area contributed by atoms with Crippen molar-refractivity contribution in [2.45, 2.75) is 44.1 Å². The molecule has 1 aliphatic carbocycles. The maximum absolute atomic E-state index is 13.6. The van der Waals surface area contributed by atoms with Crippen molar-refractivity contribution in [3.05, 3.63) is 29.6 Å². The third kappa shape index (κ3) is 2.95. The predicted molar refractivity (Wildman–Crippen MR) is 69.9 cm³/mol. The van der Waals surface area contributed by atoms with E-state index in [1.165, 1.54) is 19.2 Å². The minimum atomic E-state index is -1.34. The summed E-state index contributed by atoms with van der Waals surface area (Å²) in [5, 5.41) is 10.5. The number of rotatable bonds is 3. The summed E-state index contributed by atoms with van der Waals surface area (Å²) in [4.78, 5) is 12.4. The van der Waals surface area contributed by atoms with E-state index in [1.807, 2.05) is 0 Å². The monoisotopic (exact) mass is 266 g/mol. The summed E-state index contributed by atoms with van der Waals surface area (Å²) in [6, 6.07) is 4.07. The summed E-state index contributed by atoms with van der Waals surface area (Å²) in [7, 11) is 1.37. The van der Waals surface area contributed by atoms with E-state index in [4.69, 9.17) is 4.74 Å². The normalized spacial score (nSPS) is 18.7. The number of aliphatic hydroxyl groups is 1. The maximum Gasteiger partial charge on any atom is 0.194 e. The topological polar surface area (TPSA) is 46.5 Å². The number of carbonyl (C=O) groups is 1. The van der Waals surface area contributed by atoms with Gasteiger partial charge in [0.05, 0.1) is 7.11 Å². The second-order valence-electron chi connectivity index (χ2n) is 5.12. The third-order valence-electron chi connectivity index (χ3n) is 3.77. The number of hydrogen-bond donors (Lipinski definition) is 1. The molecule has 1 aliphatic rings. The Labute approximate surface area is 112 Å². The van der Waals surface area contributed by atoms with Crippen LogP contribution >= 0.6 is 0 Å². The van der Waals surface area contributed by atoms with Gasteiger partial charge in [-0.1, -0.05) is 25.7 Å². The molecule has 3 nitrogen and oxygen atoms in total. The molecule has 0 amide bonds. The van der Waals surface area contributed by atoms with Crippen molar-refractivity contribution in [2.75, 3.05) is 7.11 Å². The summed E-state index contributed by atoms with van der Waals surface area (Å²) in [5.74, 6) is -0.856. The number of methoxy groups -OCH3 is 1. The molecule has 1 aromatic carbocycles. The van der Waals surface area contributed by atoms with Crippen molar-refractivity contribution in [1.29, 1.82) is 0 Å². The molecule has 1 aromatic rings. The van der Waals surface area contributed by atoms with Gasteiger partial charge in [-0.2, -0.15) is 0 Å². The molecule has 0 heterocycles. The van der Waals surface area contributed by atoms with E-state index in [2.05, 4.69) is 0 Å². The van der Waals surface area contributed by atoms with Crippen molar-refractivity contribution in [3.8, 4) is 5.75 Å². The van der Waals surface area contributed by atoms with E-state index >= 15 is 0 Å². The van der Waals surface area contributed by atoms with Crippen molar-refractivity contribution < 1.29 is 19.0 Å². The molecular weight excluding hydrogens is 247 g/mol. The first-order valence-electron chi connectivity index (χ1n) is 6.67. The van der Waals surface area contributed by atoms with Crippen LogP contribution in [0.15, 0.2) is 18.2 Å². The Morgan fingerprint density at radius 1 is 1.26 bits per heavy atom. The second-order valence-corrected chi connectivity index (χ2v) is 5.12. The lowest BCUT2D eigenvalue weighted by Gasteiger charge is -2.25. The number of Topliss-reactive ketones (excluding diaryl/α,β-unsaturated/α-hetero) is 1. The molecule has 1 fully saturated rings. The quantitative estimate of drug-likeness (QED) is 0.675. The lowest BCUT2D eigenvalue weighted by atomic mass is 9.86. The zero-order chi connectivity index (χ0) is 13.9. The average Bonchev–Trinajstić information content (AvgIpc) is 2.63. The molecule has 0 bridgehead atoms. The van der Waals surface area contributed by atoms with E-state index in [0.29, 0.717) is 12.8 Å². The van der Waals surface area contributed by atoms with Gasteiger partial charge >= 0.3 is 0 Å². The number of hydrogen-bond acceptors (Lipinski definition) is 3. The first-order valence-corrected chi connectivity index (χ1v) is 6.67. The predicted octanol–water partition coefficient (Wildman–Crippen LogP) is 3.10. The number of ether oxygens (including phenoxy) is 1. The van der Waals surface area contributed by atoms with E-state index in [9.17, 15) is 14.3 Å². The molecule has 104 valence electrons. The van der Waals surface area contributed by atoms with Crippen molar-refractivity contribution in [2.24, 2.45) is 0 Å². The molecule has 0 aromatic heterocycles. The van der Waals surface area contributed by atoms with Gasteiger partial charge in [-0.25, -0.2) is 4.39 Å². The molecule has 0 saturated heterocycles. The van der Waals surface area contributed by atoms with Gasteiger partial charge in [0.15, 0.2) is 17.3 Å². The fourth-order valence-corrected chi connectivity index (χ4v) is 2.62. The summed E-state index contributed by atoms with van der Waals surface area (Å²) in [5.41, 5.74) is -1.12. The Hall–Kier alpha value is -1.42. The highest BCUT2D eigenvalue weighted by Crippen LogP contribution is 2.31. The van der Waals surface area contributed by atoms with Gasteiger partial charge in [0, 0.05) is 5.56 Å². The van der Waals surface area contributed by atoms with Crippen LogP contribution in [0.2, 0.25) is 0 Å². The van der Waals surface area contributed by atoms with Gasteiger partial charge in [0.1, 0.15) is 5.60 Å². The highest BCUT2D eigenvalue weighted by atomic mass is 19.1. The zero-order valence-electron chi connectivity index (χ0n) is 11.1. The molecule has 0 spiro atoms. The number of ketones is 1. The fourth-order valence-electron chi connectivity index (χ4n) is 2.62. The summed E-state index contributed by atoms with van der Waals surface area (Å²) in [6.45, 7) is 0. The van der Waals surface area contributed by atoms with E-state index in [0.717, 1.165) is 31.7 Å². The Kier molecular flexibility index (Phi) is 4.20. The summed E-state index contributed by atoms with van der Waals surface area (Å²) >= 11 is 0. The van der Waals surface area contributed by atoms with Crippen LogP contribution in [0.4, 0.5) is 4.39 Å². The Morgan fingerprint density at radius 3 is 2.42 bits per heavy atom. The minimum Gasteiger partial charge on any atom is -0.494 e. The molecule has 1 N–H and O–H groups in total. The van der Waals surface area contributed by atoms with E-state index in [-0.39, 0.29) is 17.1 Å². The van der Waals surface area contributed by atoms with Gasteiger partial charge in [-0.05, 0) is 31.0 Å². The minimum absolute atomic E-state index is 0.101. The van der Waals surface area contributed by atoms with Crippen molar-refractivity contribution in [1.82, 2.24) is 0 Å². The molecule has 19 heavy (non-hydrogen) atoms. The van der Waals surface area contributed by atoms with Crippen molar-refractivity contribution in [3.63, 3.8) is 0 Å². The number of halogens is 1. The van der Waals surface area contributed by atoms with Crippen LogP contribution in [-0.4, -0.2) is 23.6 Å². The summed E-state index contributed by atoms with van der Waals surface area (Å²) < 4.78 is 18.4. The summed E-state index contributed by atoms with van der Waals surface area (Å²) in [6.07, 6.45) is 4.65. The number of carbonyl (C=O) groups excluding carboxylic acids is 1. The Morgan fingerprint density at radius 2 is 1.89 bits per heavy atom. The molecular formula is C15H19FO3. The molecule has 1 saturated carbocycles. The van der Waals surface area contributed by atoms with Crippen LogP contribution in [0.1, 0.15) is 48.9 Å². The third-order valence-corrected chi connectivity index (χ3v) is 3.77. The Balaban J connectivity index is 2.25. The van der Waals surface area contributed by atoms with Crippen LogP contribution in [0.25, 0.3) is 0 Å². The average molecular weight is 266 g/mol. The Bertz CT molecular complexity index is 462. The van der Waals surface area contributed by atoms with Crippen LogP contribution in [0.5, 0.6) is 5.75 Å². The molecule has 2 rings (SSSR count). The molecule has 0 radical (unpaired) electrons. The molecule has 0 atom stereocenters. The largest absolute Gasteiger partial charge is 0.494 e. The van der Waals surface area contributed by atoms with Crippen LogP contribution in [-0.2, 0) is 0 Å². The molecule has 4 heteroatoms. The highest BCUT2D eigenvalue weighted by Gasteiger charge is 2.36. The van der Waals surface area contributed by atoms with Gasteiger partial charge in [-0.15, -0.1) is 0 Å². The van der Waals surface area contributed by atoms with Crippen molar-refractivity contribution >= 4 is 5.78 Å². The maximum atomic E-state index is 13.6. The van der Waals surface area contributed by atoms with Gasteiger partial charge in [0.2, 0.25) is 0 Å². The van der Waals surface area contributed by atoms with Gasteiger partial charge in [0.25, 0.3) is 0 Å². The standard InChI is InChI=1S/C15H19FO3/c1-19-13-7-6-11(10-12(13)16)14(17)15(18)8-4-2-3-5-9-15/h6-7,10,18H,2-5,8-9H2,1H3. The van der Waals surface area contributed by atoms with Crippen LogP contribution < -0.4 is 4.74 Å². The van der Waals surface area contributed by atoms with Crippen LogP contribution in [0.3, 0.4) is 0 Å². The highest BCUT2D eigenvalue weighted by molar-refractivity contribution is 6.02. The first kappa shape index (κ1) is 14.0. The lowest BCUT2D eigenvalue weighted by Crippen LogP contribution is -2.38. The first-order chi connectivity index (χ1) is 9.07. The smallest absolute Gasteiger partial charge is 0.194 e. The second kappa shape index (κ2) is 5.70. The number of benzene rings is 1. The van der Waals surface area contributed by atoms with Gasteiger partial charge in [-0.3, -0.25) is 4.79 Å².